The summed E-state index contributed by atoms with van der Waals surface area (Å²) < 4.78 is 25.8. The number of rotatable bonds is 3. The van der Waals surface area contributed by atoms with Gasteiger partial charge >= 0.3 is 0 Å². The molecule has 1 saturated carbocycles. The quantitative estimate of drug-likeness (QED) is 0.782. The van der Waals surface area contributed by atoms with E-state index in [-0.39, 0.29) is 5.41 Å². The van der Waals surface area contributed by atoms with Crippen LogP contribution in [0.25, 0.3) is 0 Å². The van der Waals surface area contributed by atoms with Crippen LogP contribution >= 0.6 is 0 Å². The lowest BCUT2D eigenvalue weighted by molar-refractivity contribution is 0.564. The minimum absolute atomic E-state index is 0.0590. The van der Waals surface area contributed by atoms with E-state index in [0.717, 1.165) is 24.0 Å². The molecule has 0 aromatic heterocycles. The molecule has 2 aromatic rings. The first-order chi connectivity index (χ1) is 11.0. The van der Waals surface area contributed by atoms with E-state index in [2.05, 4.69) is 18.2 Å². The number of sulfone groups is 1. The lowest BCUT2D eigenvalue weighted by Gasteiger charge is -2.24. The van der Waals surface area contributed by atoms with E-state index in [4.69, 9.17) is 0 Å². The van der Waals surface area contributed by atoms with Gasteiger partial charge in [0.1, 0.15) is 0 Å². The van der Waals surface area contributed by atoms with Crippen LogP contribution in [0.4, 0.5) is 0 Å². The molecule has 0 saturated heterocycles. The van der Waals surface area contributed by atoms with Crippen molar-refractivity contribution < 1.29 is 8.42 Å². The Labute approximate surface area is 137 Å². The Bertz CT molecular complexity index is 878. The third-order valence-corrected chi connectivity index (χ3v) is 7.09. The standard InChI is InChI=1S/C20H20O2S/c1-15-5-7-18(8-6-15)23(21,22)19-4-2-3-17(13-19)20-11-9-16(14-20)10-12-20/h2-9,11,13,16H,10,12,14H2,1H3. The molecule has 0 amide bonds. The van der Waals surface area contributed by atoms with E-state index >= 15 is 0 Å². The molecule has 0 spiro atoms. The number of allylic oxidation sites excluding steroid dienone is 2. The van der Waals surface area contributed by atoms with E-state index in [1.165, 1.54) is 6.42 Å². The van der Waals surface area contributed by atoms with Gasteiger partial charge in [-0.1, -0.05) is 42.0 Å². The van der Waals surface area contributed by atoms with Gasteiger partial charge < -0.3 is 0 Å². The van der Waals surface area contributed by atoms with E-state index in [9.17, 15) is 8.42 Å². The Hall–Kier alpha value is -1.87. The SMILES string of the molecule is Cc1ccc(S(=O)(=O)c2cccc(C34C=CC(CC3)C4)c2)cc1. The third kappa shape index (κ3) is 2.34. The molecule has 2 unspecified atom stereocenters. The topological polar surface area (TPSA) is 34.1 Å². The number of benzene rings is 2. The van der Waals surface area contributed by atoms with Gasteiger partial charge in [-0.25, -0.2) is 8.42 Å². The number of hydrogen-bond acceptors (Lipinski definition) is 2. The average molecular weight is 324 g/mol. The smallest absolute Gasteiger partial charge is 0.206 e. The highest BCUT2D eigenvalue weighted by Gasteiger charge is 2.42. The van der Waals surface area contributed by atoms with Crippen molar-refractivity contribution in [2.45, 2.75) is 41.4 Å². The van der Waals surface area contributed by atoms with Crippen molar-refractivity contribution in [3.05, 3.63) is 71.8 Å². The molecule has 2 atom stereocenters. The highest BCUT2D eigenvalue weighted by atomic mass is 32.2. The minimum atomic E-state index is -3.45. The van der Waals surface area contributed by atoms with Gasteiger partial charge in [0.25, 0.3) is 0 Å². The molecule has 3 heteroatoms. The molecule has 1 fully saturated rings. The fourth-order valence-electron chi connectivity index (χ4n) is 3.94. The average Bonchev–Trinajstić information content (AvgIpc) is 3.18. The molecular formula is C20H20O2S. The second-order valence-electron chi connectivity index (χ2n) is 6.86. The molecule has 0 N–H and O–H groups in total. The fourth-order valence-corrected chi connectivity index (χ4v) is 5.24. The third-order valence-electron chi connectivity index (χ3n) is 5.33. The molecule has 2 nitrogen and oxygen atoms in total. The van der Waals surface area contributed by atoms with Crippen LogP contribution in [0.3, 0.4) is 0 Å². The lowest BCUT2D eigenvalue weighted by atomic mass is 9.80. The zero-order valence-electron chi connectivity index (χ0n) is 13.2. The first kappa shape index (κ1) is 14.7. The fraction of sp³-hybridized carbons (Fsp3) is 0.300. The Morgan fingerprint density at radius 1 is 1.04 bits per heavy atom. The van der Waals surface area contributed by atoms with Crippen molar-refractivity contribution in [3.8, 4) is 0 Å². The van der Waals surface area contributed by atoms with E-state index in [1.807, 2.05) is 31.2 Å². The van der Waals surface area contributed by atoms with Crippen LogP contribution in [0.1, 0.15) is 30.4 Å². The Kier molecular flexibility index (Phi) is 3.24. The van der Waals surface area contributed by atoms with Crippen molar-refractivity contribution in [3.63, 3.8) is 0 Å². The van der Waals surface area contributed by atoms with Crippen LogP contribution in [-0.2, 0) is 15.3 Å². The molecule has 4 rings (SSSR count). The Balaban J connectivity index is 1.77. The van der Waals surface area contributed by atoms with Crippen LogP contribution in [0, 0.1) is 12.8 Å². The van der Waals surface area contributed by atoms with Crippen LogP contribution in [0.15, 0.2) is 70.5 Å². The lowest BCUT2D eigenvalue weighted by Crippen LogP contribution is -2.18. The van der Waals surface area contributed by atoms with Gasteiger partial charge in [0.05, 0.1) is 9.79 Å². The molecule has 2 aliphatic carbocycles. The molecule has 0 heterocycles. The molecule has 23 heavy (non-hydrogen) atoms. The highest BCUT2D eigenvalue weighted by molar-refractivity contribution is 7.91. The van der Waals surface area contributed by atoms with Crippen LogP contribution in [0.2, 0.25) is 0 Å². The summed E-state index contributed by atoms with van der Waals surface area (Å²) in [6.45, 7) is 1.96. The summed E-state index contributed by atoms with van der Waals surface area (Å²) in [5.74, 6) is 0.673. The van der Waals surface area contributed by atoms with Gasteiger partial charge in [0.2, 0.25) is 9.84 Å². The summed E-state index contributed by atoms with van der Waals surface area (Å²) in [6, 6.07) is 14.6. The zero-order chi connectivity index (χ0) is 16.1. The second-order valence-corrected chi connectivity index (χ2v) is 8.81. The predicted molar refractivity (Wildman–Crippen MR) is 91.2 cm³/mol. The molecule has 2 bridgehead atoms. The van der Waals surface area contributed by atoms with Gasteiger partial charge in [-0.2, -0.15) is 0 Å². The van der Waals surface area contributed by atoms with E-state index < -0.39 is 9.84 Å². The Morgan fingerprint density at radius 3 is 2.43 bits per heavy atom. The molecule has 0 aliphatic heterocycles. The summed E-state index contributed by atoms with van der Waals surface area (Å²) in [7, 11) is -3.45. The monoisotopic (exact) mass is 324 g/mol. The maximum atomic E-state index is 12.9. The normalized spacial score (nSPS) is 25.9. The first-order valence-electron chi connectivity index (χ1n) is 8.11. The van der Waals surface area contributed by atoms with Crippen LogP contribution in [0.5, 0.6) is 0 Å². The molecule has 118 valence electrons. The number of fused-ring (bicyclic) bond motifs is 2. The van der Waals surface area contributed by atoms with Crippen LogP contribution in [-0.4, -0.2) is 8.42 Å². The van der Waals surface area contributed by atoms with Gasteiger partial charge in [-0.15, -0.1) is 0 Å². The number of aryl methyl sites for hydroxylation is 1. The maximum Gasteiger partial charge on any atom is 0.206 e. The summed E-state index contributed by atoms with van der Waals surface area (Å²) in [6.07, 6.45) is 8.05. The summed E-state index contributed by atoms with van der Waals surface area (Å²) in [5.41, 5.74) is 2.26. The predicted octanol–water partition coefficient (Wildman–Crippen LogP) is 4.44. The first-order valence-corrected chi connectivity index (χ1v) is 9.60. The summed E-state index contributed by atoms with van der Waals surface area (Å²) >= 11 is 0. The molecule has 0 radical (unpaired) electrons. The van der Waals surface area contributed by atoms with Gasteiger partial charge in [0, 0.05) is 5.41 Å². The van der Waals surface area contributed by atoms with E-state index in [0.29, 0.717) is 15.7 Å². The van der Waals surface area contributed by atoms with Gasteiger partial charge in [-0.3, -0.25) is 0 Å². The van der Waals surface area contributed by atoms with Crippen molar-refractivity contribution in [2.24, 2.45) is 5.92 Å². The number of hydrogen-bond donors (Lipinski definition) is 0. The summed E-state index contributed by atoms with van der Waals surface area (Å²) in [4.78, 5) is 0.765. The van der Waals surface area contributed by atoms with Crippen molar-refractivity contribution >= 4 is 9.84 Å². The molecular weight excluding hydrogens is 304 g/mol. The maximum absolute atomic E-state index is 12.9. The second kappa shape index (κ2) is 5.07. The molecule has 2 aliphatic rings. The Morgan fingerprint density at radius 2 is 1.83 bits per heavy atom. The van der Waals surface area contributed by atoms with Crippen LogP contribution < -0.4 is 0 Å². The summed E-state index contributed by atoms with van der Waals surface area (Å²) in [5, 5.41) is 0. The molecule has 2 aromatic carbocycles. The van der Waals surface area contributed by atoms with Crippen molar-refractivity contribution in [1.82, 2.24) is 0 Å². The van der Waals surface area contributed by atoms with Gasteiger partial charge in [0.15, 0.2) is 0 Å². The minimum Gasteiger partial charge on any atom is -0.219 e. The van der Waals surface area contributed by atoms with Gasteiger partial charge in [-0.05, 0) is 61.9 Å². The van der Waals surface area contributed by atoms with E-state index in [1.54, 1.807) is 18.2 Å². The largest absolute Gasteiger partial charge is 0.219 e. The van der Waals surface area contributed by atoms with Crippen molar-refractivity contribution in [1.29, 1.82) is 0 Å². The highest BCUT2D eigenvalue weighted by Crippen LogP contribution is 2.51. The zero-order valence-corrected chi connectivity index (χ0v) is 14.0. The van der Waals surface area contributed by atoms with Crippen molar-refractivity contribution in [2.75, 3.05) is 0 Å².